The second kappa shape index (κ2) is 16.6. The molecule has 15 nitrogen and oxygen atoms in total. The number of rotatable bonds is 12. The van der Waals surface area contributed by atoms with Gasteiger partial charge in [-0.05, 0) is 38.0 Å². The van der Waals surface area contributed by atoms with Crippen molar-refractivity contribution in [2.24, 2.45) is 23.3 Å². The van der Waals surface area contributed by atoms with Crippen LogP contribution >= 0.6 is 0 Å². The number of hydrogen-bond acceptors (Lipinski definition) is 13. The molecule has 0 bridgehead atoms. The van der Waals surface area contributed by atoms with E-state index in [1.165, 1.54) is 0 Å². The van der Waals surface area contributed by atoms with Crippen LogP contribution in [0.5, 0.6) is 0 Å². The van der Waals surface area contributed by atoms with Crippen molar-refractivity contribution in [3.05, 3.63) is 0 Å². The Hall–Kier alpha value is -1.50. The van der Waals surface area contributed by atoms with Crippen molar-refractivity contribution in [1.82, 2.24) is 5.32 Å². The molecule has 2 saturated carbocycles. The number of primary amides is 1. The molecule has 2 amide bonds. The summed E-state index contributed by atoms with van der Waals surface area (Å²) in [6.45, 7) is 2.51. The summed E-state index contributed by atoms with van der Waals surface area (Å²) in [4.78, 5) is 25.2. The molecule has 2 saturated heterocycles. The van der Waals surface area contributed by atoms with Crippen LogP contribution in [0.1, 0.15) is 71.6 Å². The van der Waals surface area contributed by atoms with Crippen LogP contribution in [0.4, 0.5) is 0 Å². The second-order valence-corrected chi connectivity index (χ2v) is 13.1. The second-order valence-electron chi connectivity index (χ2n) is 13.1. The van der Waals surface area contributed by atoms with E-state index in [-0.39, 0.29) is 18.4 Å². The van der Waals surface area contributed by atoms with E-state index in [4.69, 9.17) is 35.2 Å². The number of nitrogens with two attached hydrogens (primary N) is 2. The molecule has 4 aliphatic rings. The molecule has 10 N–H and O–H groups in total. The monoisotopic (exact) mass is 647 g/mol. The third-order valence-electron chi connectivity index (χ3n) is 9.76. The molecule has 0 spiro atoms. The fourth-order valence-electron chi connectivity index (χ4n) is 7.05. The molecule has 4 rings (SSSR count). The molecule has 0 aromatic heterocycles. The van der Waals surface area contributed by atoms with Crippen LogP contribution < -0.4 is 16.8 Å². The molecule has 2 aliphatic heterocycles. The molecule has 2 aliphatic carbocycles. The fourth-order valence-corrected chi connectivity index (χ4v) is 7.05. The molecule has 5 unspecified atom stereocenters. The zero-order valence-corrected chi connectivity index (χ0v) is 26.2. The zero-order chi connectivity index (χ0) is 32.8. The highest BCUT2D eigenvalue weighted by Gasteiger charge is 2.51. The Morgan fingerprint density at radius 2 is 1.58 bits per heavy atom. The number of hydrogen-bond donors (Lipinski definition) is 8. The van der Waals surface area contributed by atoms with Crippen molar-refractivity contribution in [3.8, 4) is 0 Å². The first-order valence-electron chi connectivity index (χ1n) is 16.3. The summed E-state index contributed by atoms with van der Waals surface area (Å²) in [7, 11) is 0. The standard InChI is InChI=1S/C30H53N3O12/c1-14-7-6-10-17(26(14)45-30-25(39)24(38)22(36)15(2)41-30)43-29-21(33-20(35)12-31)27(23(37)19(13-34)44-29)42-18(28(32)40)11-16-8-4-3-5-9-16/h14-19,21-27,29-30,34,36-39H,3-13,31H2,1-2H3,(H2,32,40)(H,33,35)/t14?,15?,17-,18+,19+,21?,22-,23+,24+,25?,26-,27?,29-,30+/m1/s1. The Morgan fingerprint density at radius 3 is 2.22 bits per heavy atom. The molecule has 45 heavy (non-hydrogen) atoms. The minimum Gasteiger partial charge on any atom is -0.394 e. The van der Waals surface area contributed by atoms with E-state index in [0.717, 1.165) is 44.9 Å². The predicted octanol–water partition coefficient (Wildman–Crippen LogP) is -1.86. The van der Waals surface area contributed by atoms with Gasteiger partial charge in [-0.25, -0.2) is 0 Å². The number of aliphatic hydroxyl groups is 5. The molecule has 2 heterocycles. The summed E-state index contributed by atoms with van der Waals surface area (Å²) in [6.07, 6.45) is -6.54. The fraction of sp³-hybridized carbons (Fsp3) is 0.933. The van der Waals surface area contributed by atoms with Gasteiger partial charge >= 0.3 is 0 Å². The summed E-state index contributed by atoms with van der Waals surface area (Å²) in [6, 6.07) is -1.15. The highest BCUT2D eigenvalue weighted by Crippen LogP contribution is 2.36. The van der Waals surface area contributed by atoms with Gasteiger partial charge in [0.15, 0.2) is 12.6 Å². The maximum Gasteiger partial charge on any atom is 0.246 e. The van der Waals surface area contributed by atoms with Gasteiger partial charge in [0.2, 0.25) is 11.8 Å². The quantitative estimate of drug-likeness (QED) is 0.116. The van der Waals surface area contributed by atoms with Gasteiger partial charge < -0.3 is 66.0 Å². The number of carbonyl (C=O) groups is 2. The molecule has 0 aromatic carbocycles. The number of nitrogens with one attached hydrogen (secondary N) is 1. The van der Waals surface area contributed by atoms with Crippen molar-refractivity contribution in [2.75, 3.05) is 13.2 Å². The third kappa shape index (κ3) is 8.90. The first-order chi connectivity index (χ1) is 21.4. The van der Waals surface area contributed by atoms with E-state index in [9.17, 15) is 35.1 Å². The summed E-state index contributed by atoms with van der Waals surface area (Å²) in [5, 5.41) is 55.1. The van der Waals surface area contributed by atoms with E-state index >= 15 is 0 Å². The maximum atomic E-state index is 12.6. The molecular formula is C30H53N3O12. The molecular weight excluding hydrogens is 594 g/mol. The lowest BCUT2D eigenvalue weighted by Crippen LogP contribution is -2.67. The van der Waals surface area contributed by atoms with Gasteiger partial charge in [-0.1, -0.05) is 45.4 Å². The van der Waals surface area contributed by atoms with Crippen molar-refractivity contribution in [2.45, 2.75) is 151 Å². The summed E-state index contributed by atoms with van der Waals surface area (Å²) in [5.41, 5.74) is 11.4. The van der Waals surface area contributed by atoms with Crippen LogP contribution in [0.25, 0.3) is 0 Å². The number of aliphatic hydroxyl groups excluding tert-OH is 5. The van der Waals surface area contributed by atoms with Crippen molar-refractivity contribution >= 4 is 11.8 Å². The Bertz CT molecular complexity index is 957. The minimum absolute atomic E-state index is 0.0967. The molecule has 260 valence electrons. The minimum atomic E-state index is -1.52. The van der Waals surface area contributed by atoms with Crippen LogP contribution in [0, 0.1) is 11.8 Å². The Morgan fingerprint density at radius 1 is 0.867 bits per heavy atom. The van der Waals surface area contributed by atoms with Gasteiger partial charge in [0, 0.05) is 0 Å². The molecule has 15 heteroatoms. The van der Waals surface area contributed by atoms with Gasteiger partial charge in [0.05, 0.1) is 31.5 Å². The van der Waals surface area contributed by atoms with Gasteiger partial charge in [0.1, 0.15) is 48.8 Å². The van der Waals surface area contributed by atoms with E-state index in [1.54, 1.807) is 6.92 Å². The molecule has 0 aromatic rings. The van der Waals surface area contributed by atoms with E-state index in [0.29, 0.717) is 12.8 Å². The van der Waals surface area contributed by atoms with Gasteiger partial charge in [-0.3, -0.25) is 9.59 Å². The zero-order valence-electron chi connectivity index (χ0n) is 26.2. The summed E-state index contributed by atoms with van der Waals surface area (Å²) >= 11 is 0. The predicted molar refractivity (Wildman–Crippen MR) is 157 cm³/mol. The van der Waals surface area contributed by atoms with Crippen LogP contribution in [-0.2, 0) is 33.3 Å². The highest BCUT2D eigenvalue weighted by molar-refractivity contribution is 5.79. The highest BCUT2D eigenvalue weighted by atomic mass is 16.7. The largest absolute Gasteiger partial charge is 0.394 e. The van der Waals surface area contributed by atoms with Gasteiger partial charge in [-0.2, -0.15) is 0 Å². The Labute approximate surface area is 263 Å². The van der Waals surface area contributed by atoms with Crippen LogP contribution in [0.2, 0.25) is 0 Å². The molecule has 4 fully saturated rings. The smallest absolute Gasteiger partial charge is 0.246 e. The van der Waals surface area contributed by atoms with Gasteiger partial charge in [-0.15, -0.1) is 0 Å². The normalized spacial score (nSPS) is 42.2. The topological polar surface area (TPSA) is 246 Å². The maximum absolute atomic E-state index is 12.6. The number of carbonyl (C=O) groups excluding carboxylic acids is 2. The lowest BCUT2D eigenvalue weighted by molar-refractivity contribution is -0.336. The lowest BCUT2D eigenvalue weighted by Gasteiger charge is -2.48. The Kier molecular flexibility index (Phi) is 13.4. The molecule has 14 atom stereocenters. The van der Waals surface area contributed by atoms with E-state index < -0.39 is 98.1 Å². The van der Waals surface area contributed by atoms with Crippen molar-refractivity contribution < 1.29 is 58.8 Å². The lowest BCUT2D eigenvalue weighted by atomic mass is 9.85. The van der Waals surface area contributed by atoms with E-state index in [1.807, 2.05) is 6.92 Å². The average Bonchev–Trinajstić information content (AvgIpc) is 3.02. The SMILES string of the molecule is CC1O[C@@H](O[C@@H]2C(C)CCC[C@H]2O[C@@H]2O[C@@H](CO)[C@H](O)C(O[C@@H](CC3CCCCC3)C(N)=O)C2NC(=O)CN)C(O)[C@@H](O)[C@@H]1O. The van der Waals surface area contributed by atoms with E-state index in [2.05, 4.69) is 5.32 Å². The molecule has 0 radical (unpaired) electrons. The number of ether oxygens (including phenoxy) is 5. The average molecular weight is 648 g/mol. The first kappa shape index (κ1) is 36.3. The first-order valence-corrected chi connectivity index (χ1v) is 16.3. The third-order valence-corrected chi connectivity index (χ3v) is 9.76. The van der Waals surface area contributed by atoms with Gasteiger partial charge in [0.25, 0.3) is 0 Å². The van der Waals surface area contributed by atoms with Crippen LogP contribution in [0.3, 0.4) is 0 Å². The summed E-state index contributed by atoms with van der Waals surface area (Å²) < 4.78 is 30.5. The Balaban J connectivity index is 1.57. The number of amides is 2. The van der Waals surface area contributed by atoms with Crippen molar-refractivity contribution in [3.63, 3.8) is 0 Å². The van der Waals surface area contributed by atoms with Crippen molar-refractivity contribution in [1.29, 1.82) is 0 Å². The van der Waals surface area contributed by atoms with Crippen LogP contribution in [0.15, 0.2) is 0 Å². The van der Waals surface area contributed by atoms with Crippen LogP contribution in [-0.4, -0.2) is 130 Å². The summed E-state index contributed by atoms with van der Waals surface area (Å²) in [5.74, 6) is -1.18.